The molecule has 2 amide bonds. The Balaban J connectivity index is 1.49. The van der Waals surface area contributed by atoms with Crippen LogP contribution in [0.15, 0.2) is 77.8 Å². The molecule has 3 aromatic carbocycles. The summed E-state index contributed by atoms with van der Waals surface area (Å²) in [7, 11) is 3.07. The van der Waals surface area contributed by atoms with Gasteiger partial charge in [-0.3, -0.25) is 20.2 Å². The highest BCUT2D eigenvalue weighted by atomic mass is 16.5. The first kappa shape index (κ1) is 21.9. The summed E-state index contributed by atoms with van der Waals surface area (Å²) in [6.45, 7) is 0. The average Bonchev–Trinajstić information content (AvgIpc) is 2.84. The van der Waals surface area contributed by atoms with Crippen LogP contribution >= 0.6 is 0 Å². The molecular weight excluding hydrogens is 422 g/mol. The minimum Gasteiger partial charge on any atom is -0.493 e. The van der Waals surface area contributed by atoms with Crippen LogP contribution in [0.5, 0.6) is 23.0 Å². The summed E-state index contributed by atoms with van der Waals surface area (Å²) >= 11 is 0. The molecule has 0 aromatic heterocycles. The van der Waals surface area contributed by atoms with Crippen molar-refractivity contribution >= 4 is 17.8 Å². The van der Waals surface area contributed by atoms with E-state index in [1.807, 2.05) is 36.4 Å². The third-order valence-corrected chi connectivity index (χ3v) is 5.04. The van der Waals surface area contributed by atoms with Crippen LogP contribution in [-0.4, -0.2) is 32.0 Å². The van der Waals surface area contributed by atoms with Crippen LogP contribution in [0.25, 0.3) is 0 Å². The Labute approximate surface area is 191 Å². The van der Waals surface area contributed by atoms with Crippen LogP contribution in [0.4, 0.5) is 0 Å². The average molecular weight is 445 g/mol. The molecule has 4 rings (SSSR count). The largest absolute Gasteiger partial charge is 0.493 e. The number of nitrogens with zero attached hydrogens (tertiary/aromatic N) is 1. The van der Waals surface area contributed by atoms with Crippen LogP contribution < -0.4 is 24.8 Å². The lowest BCUT2D eigenvalue weighted by Gasteiger charge is -2.23. The SMILES string of the molecule is COc1cccc([C@@H]2CC(=O)NC(NC(=O)c3ccc(Oc4ccccc4)cc3)=N2)c1OC. The van der Waals surface area contributed by atoms with Gasteiger partial charge in [0, 0.05) is 11.1 Å². The maximum Gasteiger partial charge on any atom is 0.257 e. The Bertz CT molecular complexity index is 1180. The van der Waals surface area contributed by atoms with E-state index in [-0.39, 0.29) is 18.3 Å². The third-order valence-electron chi connectivity index (χ3n) is 5.04. The van der Waals surface area contributed by atoms with E-state index in [1.54, 1.807) is 43.5 Å². The van der Waals surface area contributed by atoms with Crippen molar-refractivity contribution in [3.05, 3.63) is 83.9 Å². The Hall–Kier alpha value is -4.33. The molecule has 1 heterocycles. The van der Waals surface area contributed by atoms with E-state index in [2.05, 4.69) is 15.6 Å². The Morgan fingerprint density at radius 1 is 0.939 bits per heavy atom. The van der Waals surface area contributed by atoms with E-state index >= 15 is 0 Å². The number of rotatable bonds is 6. The first-order valence-corrected chi connectivity index (χ1v) is 10.3. The number of carbonyl (C=O) groups excluding carboxylic acids is 2. The van der Waals surface area contributed by atoms with E-state index < -0.39 is 11.9 Å². The lowest BCUT2D eigenvalue weighted by Crippen LogP contribution is -2.47. The van der Waals surface area contributed by atoms with Crippen molar-refractivity contribution in [1.29, 1.82) is 0 Å². The van der Waals surface area contributed by atoms with Crippen LogP contribution in [0.1, 0.15) is 28.4 Å². The molecule has 8 heteroatoms. The van der Waals surface area contributed by atoms with Crippen molar-refractivity contribution in [2.75, 3.05) is 14.2 Å². The molecule has 0 aliphatic carbocycles. The van der Waals surface area contributed by atoms with E-state index in [4.69, 9.17) is 14.2 Å². The monoisotopic (exact) mass is 445 g/mol. The van der Waals surface area contributed by atoms with Gasteiger partial charge in [0.2, 0.25) is 11.9 Å². The van der Waals surface area contributed by atoms with Gasteiger partial charge in [0.25, 0.3) is 5.91 Å². The normalized spacial score (nSPS) is 15.2. The van der Waals surface area contributed by atoms with Gasteiger partial charge in [0.1, 0.15) is 11.5 Å². The van der Waals surface area contributed by atoms with E-state index in [9.17, 15) is 9.59 Å². The molecule has 1 atom stereocenters. The van der Waals surface area contributed by atoms with Gasteiger partial charge in [0.05, 0.1) is 26.7 Å². The number of nitrogens with one attached hydrogen (secondary N) is 2. The third kappa shape index (κ3) is 5.12. The first-order chi connectivity index (χ1) is 16.1. The highest BCUT2D eigenvalue weighted by Crippen LogP contribution is 2.38. The molecule has 33 heavy (non-hydrogen) atoms. The molecule has 0 spiro atoms. The van der Waals surface area contributed by atoms with E-state index in [1.165, 1.54) is 7.11 Å². The molecule has 1 aliphatic rings. The molecule has 0 saturated heterocycles. The second kappa shape index (κ2) is 9.86. The fourth-order valence-electron chi connectivity index (χ4n) is 3.49. The predicted molar refractivity (Wildman–Crippen MR) is 123 cm³/mol. The van der Waals surface area contributed by atoms with Gasteiger partial charge in [-0.2, -0.15) is 0 Å². The zero-order valence-electron chi connectivity index (χ0n) is 18.2. The Morgan fingerprint density at radius 3 is 2.36 bits per heavy atom. The molecule has 0 saturated carbocycles. The number of carbonyl (C=O) groups is 2. The van der Waals surface area contributed by atoms with Crippen molar-refractivity contribution < 1.29 is 23.8 Å². The summed E-state index contributed by atoms with van der Waals surface area (Å²) in [5.74, 6) is 1.76. The summed E-state index contributed by atoms with van der Waals surface area (Å²) in [4.78, 5) is 29.6. The molecule has 3 aromatic rings. The van der Waals surface area contributed by atoms with Crippen LogP contribution in [0.2, 0.25) is 0 Å². The fourth-order valence-corrected chi connectivity index (χ4v) is 3.49. The summed E-state index contributed by atoms with van der Waals surface area (Å²) in [5, 5.41) is 5.28. The zero-order chi connectivity index (χ0) is 23.2. The number of hydrogen-bond acceptors (Lipinski definition) is 6. The minimum absolute atomic E-state index is 0.0794. The highest BCUT2D eigenvalue weighted by molar-refractivity contribution is 6.10. The quantitative estimate of drug-likeness (QED) is 0.601. The Kier molecular flexibility index (Phi) is 6.54. The number of para-hydroxylation sites is 2. The molecule has 0 unspecified atom stereocenters. The summed E-state index contributed by atoms with van der Waals surface area (Å²) < 4.78 is 16.6. The Morgan fingerprint density at radius 2 is 1.67 bits per heavy atom. The molecule has 8 nitrogen and oxygen atoms in total. The number of guanidine groups is 1. The number of aliphatic imine (C=N–C) groups is 1. The fraction of sp³-hybridized carbons (Fsp3) is 0.160. The van der Waals surface area contributed by atoms with Crippen molar-refractivity contribution in [3.8, 4) is 23.0 Å². The standard InChI is InChI=1S/C25H23N3O5/c1-31-21-10-6-9-19(23(21)32-2)20-15-22(29)27-25(26-20)28-24(30)16-11-13-18(14-12-16)33-17-7-4-3-5-8-17/h3-14,20H,15H2,1-2H3,(H2,26,27,28,29,30)/t20-/m0/s1. The topological polar surface area (TPSA) is 98.3 Å². The minimum atomic E-state index is -0.527. The highest BCUT2D eigenvalue weighted by Gasteiger charge is 2.27. The predicted octanol–water partition coefficient (Wildman–Crippen LogP) is 3.84. The maximum absolute atomic E-state index is 12.7. The molecule has 168 valence electrons. The zero-order valence-corrected chi connectivity index (χ0v) is 18.2. The number of methoxy groups -OCH3 is 2. The molecule has 1 aliphatic heterocycles. The van der Waals surface area contributed by atoms with Crippen molar-refractivity contribution in [2.24, 2.45) is 4.99 Å². The molecular formula is C25H23N3O5. The van der Waals surface area contributed by atoms with Crippen molar-refractivity contribution in [3.63, 3.8) is 0 Å². The summed E-state index contributed by atoms with van der Waals surface area (Å²) in [6.07, 6.45) is 0.119. The van der Waals surface area contributed by atoms with Crippen molar-refractivity contribution in [1.82, 2.24) is 10.6 Å². The van der Waals surface area contributed by atoms with Gasteiger partial charge in [-0.15, -0.1) is 0 Å². The first-order valence-electron chi connectivity index (χ1n) is 10.3. The van der Waals surface area contributed by atoms with Crippen LogP contribution in [-0.2, 0) is 4.79 Å². The molecule has 2 N–H and O–H groups in total. The summed E-state index contributed by atoms with van der Waals surface area (Å²) in [6, 6.07) is 20.9. The lowest BCUT2D eigenvalue weighted by atomic mass is 10.0. The smallest absolute Gasteiger partial charge is 0.257 e. The summed E-state index contributed by atoms with van der Waals surface area (Å²) in [5.41, 5.74) is 1.09. The van der Waals surface area contributed by atoms with Gasteiger partial charge < -0.3 is 14.2 Å². The second-order valence-corrected chi connectivity index (χ2v) is 7.22. The van der Waals surface area contributed by atoms with E-state index in [0.717, 1.165) is 0 Å². The number of ether oxygens (including phenoxy) is 3. The maximum atomic E-state index is 12.7. The molecule has 0 bridgehead atoms. The molecule has 0 fully saturated rings. The number of hydrogen-bond donors (Lipinski definition) is 2. The van der Waals surface area contributed by atoms with E-state index in [0.29, 0.717) is 34.1 Å². The van der Waals surface area contributed by atoms with Gasteiger partial charge in [-0.25, -0.2) is 4.99 Å². The number of amides is 2. The van der Waals surface area contributed by atoms with Crippen LogP contribution in [0, 0.1) is 0 Å². The number of benzene rings is 3. The van der Waals surface area contributed by atoms with Gasteiger partial charge in [-0.1, -0.05) is 30.3 Å². The van der Waals surface area contributed by atoms with Gasteiger partial charge in [0.15, 0.2) is 11.5 Å². The lowest BCUT2D eigenvalue weighted by molar-refractivity contribution is -0.120. The second-order valence-electron chi connectivity index (χ2n) is 7.22. The molecule has 0 radical (unpaired) electrons. The van der Waals surface area contributed by atoms with Crippen molar-refractivity contribution in [2.45, 2.75) is 12.5 Å². The van der Waals surface area contributed by atoms with Crippen LogP contribution in [0.3, 0.4) is 0 Å². The van der Waals surface area contributed by atoms with Gasteiger partial charge >= 0.3 is 0 Å². The van der Waals surface area contributed by atoms with Gasteiger partial charge in [-0.05, 0) is 42.5 Å².